The average Bonchev–Trinajstić information content (AvgIpc) is 3.32. The van der Waals surface area contributed by atoms with Crippen LogP contribution in [0.15, 0.2) is 15.7 Å². The zero-order chi connectivity index (χ0) is 18.6. The van der Waals surface area contributed by atoms with E-state index in [1.165, 1.54) is 0 Å². The highest BCUT2D eigenvalue weighted by atomic mass is 16.2. The third-order valence-electron chi connectivity index (χ3n) is 6.10. The molecule has 0 spiro atoms. The molecule has 4 rings (SSSR count). The van der Waals surface area contributed by atoms with Crippen LogP contribution < -0.4 is 27.2 Å². The predicted octanol–water partition coefficient (Wildman–Crippen LogP) is 1.35. The summed E-state index contributed by atoms with van der Waals surface area (Å²) in [6.07, 6.45) is 3.05. The van der Waals surface area contributed by atoms with Crippen molar-refractivity contribution in [2.45, 2.75) is 45.2 Å². The van der Waals surface area contributed by atoms with Crippen molar-refractivity contribution in [1.29, 1.82) is 0 Å². The van der Waals surface area contributed by atoms with Gasteiger partial charge in [-0.25, -0.2) is 4.79 Å². The molecule has 2 aliphatic rings. The average molecular weight is 357 g/mol. The van der Waals surface area contributed by atoms with E-state index in [0.717, 1.165) is 43.6 Å². The maximum absolute atomic E-state index is 12.5. The van der Waals surface area contributed by atoms with Crippen molar-refractivity contribution >= 4 is 22.3 Å². The van der Waals surface area contributed by atoms with Gasteiger partial charge in [0, 0.05) is 36.5 Å². The number of nitrogens with two attached hydrogens (primary N) is 1. The summed E-state index contributed by atoms with van der Waals surface area (Å²) in [6, 6.07) is 2.53. The van der Waals surface area contributed by atoms with E-state index >= 15 is 0 Å². The molecule has 2 heterocycles. The molecule has 1 aromatic heterocycles. The van der Waals surface area contributed by atoms with Gasteiger partial charge in [0.05, 0.1) is 10.9 Å². The van der Waals surface area contributed by atoms with E-state index in [0.29, 0.717) is 28.6 Å². The van der Waals surface area contributed by atoms with Crippen molar-refractivity contribution in [3.63, 3.8) is 0 Å². The molecule has 7 nitrogen and oxygen atoms in total. The fourth-order valence-electron chi connectivity index (χ4n) is 4.29. The second-order valence-electron chi connectivity index (χ2n) is 7.77. The minimum absolute atomic E-state index is 0.172. The summed E-state index contributed by atoms with van der Waals surface area (Å²) in [7, 11) is 1.99. The van der Waals surface area contributed by atoms with Gasteiger partial charge in [0.15, 0.2) is 0 Å². The first-order valence-electron chi connectivity index (χ1n) is 9.42. The first-order chi connectivity index (χ1) is 12.4. The molecule has 2 unspecified atom stereocenters. The lowest BCUT2D eigenvalue weighted by molar-refractivity contribution is 0.429. The van der Waals surface area contributed by atoms with Crippen LogP contribution in [0, 0.1) is 12.8 Å². The van der Waals surface area contributed by atoms with Crippen LogP contribution in [0.5, 0.6) is 0 Å². The molecule has 2 fully saturated rings. The van der Waals surface area contributed by atoms with Crippen LogP contribution in [0.4, 0.5) is 11.4 Å². The topological polar surface area (TPSA) is 96.2 Å². The molecule has 7 heteroatoms. The fourth-order valence-corrected chi connectivity index (χ4v) is 4.29. The Morgan fingerprint density at radius 2 is 2.04 bits per heavy atom. The summed E-state index contributed by atoms with van der Waals surface area (Å²) < 4.78 is 1.75. The molecule has 2 atom stereocenters. The van der Waals surface area contributed by atoms with Gasteiger partial charge >= 0.3 is 5.69 Å². The van der Waals surface area contributed by atoms with Crippen molar-refractivity contribution in [3.05, 3.63) is 32.5 Å². The number of nitrogens with one attached hydrogen (secondary N) is 2. The number of hydrogen-bond donors (Lipinski definition) is 3. The summed E-state index contributed by atoms with van der Waals surface area (Å²) in [4.78, 5) is 29.6. The van der Waals surface area contributed by atoms with Gasteiger partial charge < -0.3 is 16.0 Å². The van der Waals surface area contributed by atoms with E-state index in [4.69, 9.17) is 5.73 Å². The van der Waals surface area contributed by atoms with Crippen molar-refractivity contribution in [2.24, 2.45) is 5.92 Å². The van der Waals surface area contributed by atoms with Gasteiger partial charge in [0.1, 0.15) is 0 Å². The van der Waals surface area contributed by atoms with Crippen LogP contribution in [0.1, 0.15) is 37.8 Å². The molecule has 0 bridgehead atoms. The Morgan fingerprint density at radius 3 is 2.69 bits per heavy atom. The minimum Gasteiger partial charge on any atom is -0.398 e. The Bertz CT molecular complexity index is 973. The standard InChI is InChI=1S/C19H27N5O2/c1-10-15(23-7-6-12(9-23)11(2)21-3)8-14(20)16-17(10)24(13-4-5-13)19(26)22-18(16)25/h8,11-13,21H,4-7,9,20H2,1-3H3,(H,22,25,26). The second kappa shape index (κ2) is 6.16. The van der Waals surface area contributed by atoms with Gasteiger partial charge in [0.2, 0.25) is 0 Å². The summed E-state index contributed by atoms with van der Waals surface area (Å²) in [6.45, 7) is 6.12. The number of rotatable bonds is 4. The number of aromatic nitrogens is 2. The Hall–Kier alpha value is -2.28. The Kier molecular flexibility index (Phi) is 4.06. The maximum Gasteiger partial charge on any atom is 0.329 e. The van der Waals surface area contributed by atoms with E-state index < -0.39 is 5.56 Å². The number of anilines is 2. The van der Waals surface area contributed by atoms with Crippen LogP contribution in [0.25, 0.3) is 10.9 Å². The second-order valence-corrected chi connectivity index (χ2v) is 7.77. The minimum atomic E-state index is -0.392. The Morgan fingerprint density at radius 1 is 1.31 bits per heavy atom. The molecular formula is C19H27N5O2. The van der Waals surface area contributed by atoms with Gasteiger partial charge in [-0.15, -0.1) is 0 Å². The van der Waals surface area contributed by atoms with Gasteiger partial charge in [-0.1, -0.05) is 0 Å². The van der Waals surface area contributed by atoms with Crippen molar-refractivity contribution in [3.8, 4) is 0 Å². The largest absolute Gasteiger partial charge is 0.398 e. The lowest BCUT2D eigenvalue weighted by Crippen LogP contribution is -2.33. The number of nitrogen functional groups attached to an aromatic ring is 1. The molecule has 0 amide bonds. The monoisotopic (exact) mass is 357 g/mol. The van der Waals surface area contributed by atoms with Crippen molar-refractivity contribution < 1.29 is 0 Å². The SMILES string of the molecule is CNC(C)C1CCN(c2cc(N)c3c(=O)[nH]c(=O)n(C4CC4)c3c2C)C1. The summed E-state index contributed by atoms with van der Waals surface area (Å²) in [5.41, 5.74) is 8.73. The quantitative estimate of drug-likeness (QED) is 0.718. The van der Waals surface area contributed by atoms with E-state index in [1.807, 2.05) is 20.0 Å². The zero-order valence-corrected chi connectivity index (χ0v) is 15.6. The molecule has 1 aliphatic heterocycles. The highest BCUT2D eigenvalue weighted by Gasteiger charge is 2.31. The van der Waals surface area contributed by atoms with E-state index in [1.54, 1.807) is 4.57 Å². The smallest absolute Gasteiger partial charge is 0.329 e. The highest BCUT2D eigenvalue weighted by molar-refractivity contribution is 5.96. The molecule has 1 saturated heterocycles. The van der Waals surface area contributed by atoms with E-state index in [9.17, 15) is 9.59 Å². The van der Waals surface area contributed by atoms with Crippen LogP contribution in [-0.2, 0) is 0 Å². The van der Waals surface area contributed by atoms with Crippen molar-refractivity contribution in [2.75, 3.05) is 30.8 Å². The Labute approximate surface area is 152 Å². The predicted molar refractivity (Wildman–Crippen MR) is 105 cm³/mol. The number of H-pyrrole nitrogens is 1. The number of benzene rings is 1. The normalized spacial score (nSPS) is 21.5. The third-order valence-corrected chi connectivity index (χ3v) is 6.10. The molecular weight excluding hydrogens is 330 g/mol. The van der Waals surface area contributed by atoms with Gasteiger partial charge in [-0.2, -0.15) is 0 Å². The first-order valence-corrected chi connectivity index (χ1v) is 9.42. The first kappa shape index (κ1) is 17.1. The number of aromatic amines is 1. The van der Waals surface area contributed by atoms with Crippen molar-refractivity contribution in [1.82, 2.24) is 14.9 Å². The highest BCUT2D eigenvalue weighted by Crippen LogP contribution is 2.39. The molecule has 4 N–H and O–H groups in total. The Balaban J connectivity index is 1.88. The van der Waals surface area contributed by atoms with Gasteiger partial charge in [-0.3, -0.25) is 14.3 Å². The maximum atomic E-state index is 12.5. The lowest BCUT2D eigenvalue weighted by atomic mass is 10.0. The molecule has 1 saturated carbocycles. The molecule has 2 aromatic rings. The molecule has 26 heavy (non-hydrogen) atoms. The molecule has 1 aromatic carbocycles. The molecule has 1 aliphatic carbocycles. The molecule has 140 valence electrons. The molecule has 0 radical (unpaired) electrons. The summed E-state index contributed by atoms with van der Waals surface area (Å²) in [5, 5.41) is 3.78. The number of fused-ring (bicyclic) bond motifs is 1. The van der Waals surface area contributed by atoms with E-state index in [-0.39, 0.29) is 11.7 Å². The fraction of sp³-hybridized carbons (Fsp3) is 0.579. The zero-order valence-electron chi connectivity index (χ0n) is 15.6. The summed E-state index contributed by atoms with van der Waals surface area (Å²) >= 11 is 0. The van der Waals surface area contributed by atoms with Crippen LogP contribution in [0.2, 0.25) is 0 Å². The lowest BCUT2D eigenvalue weighted by Gasteiger charge is -2.25. The third kappa shape index (κ3) is 2.61. The van der Waals surface area contributed by atoms with Crippen LogP contribution >= 0.6 is 0 Å². The number of nitrogens with zero attached hydrogens (tertiary/aromatic N) is 2. The van der Waals surface area contributed by atoms with Gasteiger partial charge in [-0.05, 0) is 57.7 Å². The van der Waals surface area contributed by atoms with Crippen LogP contribution in [0.3, 0.4) is 0 Å². The number of hydrogen-bond acceptors (Lipinski definition) is 5. The number of aryl methyl sites for hydroxylation is 1. The van der Waals surface area contributed by atoms with Gasteiger partial charge in [0.25, 0.3) is 5.56 Å². The van der Waals surface area contributed by atoms with Crippen LogP contribution in [-0.4, -0.2) is 35.7 Å². The summed E-state index contributed by atoms with van der Waals surface area (Å²) in [5.74, 6) is 0.570. The van der Waals surface area contributed by atoms with E-state index in [2.05, 4.69) is 22.1 Å².